The smallest absolute Gasteiger partial charge is 0.340 e. The van der Waals surface area contributed by atoms with Crippen molar-refractivity contribution in [3.05, 3.63) is 106 Å². The van der Waals surface area contributed by atoms with Gasteiger partial charge >= 0.3 is 5.97 Å². The highest BCUT2D eigenvalue weighted by Gasteiger charge is 2.27. The van der Waals surface area contributed by atoms with Crippen molar-refractivity contribution in [2.75, 3.05) is 0 Å². The third kappa shape index (κ3) is 4.03. The van der Waals surface area contributed by atoms with Crippen molar-refractivity contribution in [1.29, 1.82) is 0 Å². The minimum absolute atomic E-state index is 0.257. The average Bonchev–Trinajstić information content (AvgIpc) is 2.67. The molecule has 0 fully saturated rings. The van der Waals surface area contributed by atoms with Gasteiger partial charge in [-0.3, -0.25) is 4.79 Å². The molecule has 4 heteroatoms. The number of benzene rings is 3. The molecule has 0 bridgehead atoms. The molecular formula is C21H15BrO3. The summed E-state index contributed by atoms with van der Waals surface area (Å²) in [5, 5.41) is 0. The number of hydrogen-bond donors (Lipinski definition) is 0. The summed E-state index contributed by atoms with van der Waals surface area (Å²) >= 11 is 3.34. The Morgan fingerprint density at radius 2 is 1.32 bits per heavy atom. The van der Waals surface area contributed by atoms with Crippen molar-refractivity contribution in [2.45, 2.75) is 6.10 Å². The molecule has 0 aromatic heterocycles. The second kappa shape index (κ2) is 7.90. The summed E-state index contributed by atoms with van der Waals surface area (Å²) in [6, 6.07) is 24.8. The molecule has 0 spiro atoms. The molecule has 25 heavy (non-hydrogen) atoms. The zero-order valence-electron chi connectivity index (χ0n) is 13.3. The maximum atomic E-state index is 12.9. The molecule has 0 N–H and O–H groups in total. The molecule has 3 aromatic rings. The summed E-state index contributed by atoms with van der Waals surface area (Å²) in [6.07, 6.45) is -0.997. The van der Waals surface area contributed by atoms with Crippen LogP contribution in [0.1, 0.15) is 32.4 Å². The third-order valence-corrected chi connectivity index (χ3v) is 4.41. The van der Waals surface area contributed by atoms with Crippen molar-refractivity contribution in [1.82, 2.24) is 0 Å². The van der Waals surface area contributed by atoms with Crippen molar-refractivity contribution >= 4 is 27.7 Å². The van der Waals surface area contributed by atoms with Gasteiger partial charge in [0.05, 0.1) is 5.56 Å². The van der Waals surface area contributed by atoms with Crippen molar-refractivity contribution < 1.29 is 14.3 Å². The lowest BCUT2D eigenvalue weighted by Gasteiger charge is -2.18. The van der Waals surface area contributed by atoms with Crippen LogP contribution in [-0.4, -0.2) is 11.8 Å². The van der Waals surface area contributed by atoms with Crippen LogP contribution >= 0.6 is 15.9 Å². The Morgan fingerprint density at radius 1 is 0.760 bits per heavy atom. The number of hydrogen-bond acceptors (Lipinski definition) is 3. The highest BCUT2D eigenvalue weighted by atomic mass is 79.9. The maximum Gasteiger partial charge on any atom is 0.340 e. The lowest BCUT2D eigenvalue weighted by atomic mass is 10.00. The van der Waals surface area contributed by atoms with E-state index in [0.717, 1.165) is 0 Å². The second-order valence-electron chi connectivity index (χ2n) is 5.41. The first kappa shape index (κ1) is 17.1. The number of esters is 1. The van der Waals surface area contributed by atoms with Crippen LogP contribution in [0.2, 0.25) is 0 Å². The molecule has 0 amide bonds. The van der Waals surface area contributed by atoms with Crippen LogP contribution in [0, 0.1) is 0 Å². The Bertz CT molecular complexity index is 876. The standard InChI is InChI=1S/C21H15BrO3/c22-18-14-8-7-13-17(18)21(24)25-20(16-11-5-2-6-12-16)19(23)15-9-3-1-4-10-15/h1-14,20H/t20-/m0/s1. The molecule has 0 aliphatic heterocycles. The largest absolute Gasteiger partial charge is 0.445 e. The van der Waals surface area contributed by atoms with E-state index in [-0.39, 0.29) is 5.78 Å². The van der Waals surface area contributed by atoms with Crippen LogP contribution in [0.25, 0.3) is 0 Å². The Morgan fingerprint density at radius 3 is 1.96 bits per heavy atom. The molecule has 3 nitrogen and oxygen atoms in total. The predicted octanol–water partition coefficient (Wildman–Crippen LogP) is 5.23. The van der Waals surface area contributed by atoms with E-state index in [1.54, 1.807) is 54.6 Å². The fraction of sp³-hybridized carbons (Fsp3) is 0.0476. The lowest BCUT2D eigenvalue weighted by molar-refractivity contribution is 0.0279. The monoisotopic (exact) mass is 394 g/mol. The molecule has 0 radical (unpaired) electrons. The second-order valence-corrected chi connectivity index (χ2v) is 6.26. The van der Waals surface area contributed by atoms with E-state index in [0.29, 0.717) is 21.2 Å². The lowest BCUT2D eigenvalue weighted by Crippen LogP contribution is -2.20. The van der Waals surface area contributed by atoms with Crippen molar-refractivity contribution in [2.24, 2.45) is 0 Å². The number of Topliss-reactive ketones (excluding diaryl/α,β-unsaturated/α-hetero) is 1. The zero-order valence-corrected chi connectivity index (χ0v) is 14.8. The summed E-state index contributed by atoms with van der Waals surface area (Å²) in [5.41, 5.74) is 1.51. The summed E-state index contributed by atoms with van der Waals surface area (Å²) in [5.74, 6) is -0.808. The van der Waals surface area contributed by atoms with Crippen molar-refractivity contribution in [3.8, 4) is 0 Å². The molecule has 0 aliphatic rings. The van der Waals surface area contributed by atoms with E-state index >= 15 is 0 Å². The van der Waals surface area contributed by atoms with Gasteiger partial charge in [-0.2, -0.15) is 0 Å². The highest BCUT2D eigenvalue weighted by molar-refractivity contribution is 9.10. The Hall–Kier alpha value is -2.72. The molecule has 0 aliphatic carbocycles. The number of carbonyl (C=O) groups excluding carboxylic acids is 2. The zero-order chi connectivity index (χ0) is 17.6. The Kier molecular flexibility index (Phi) is 5.41. The topological polar surface area (TPSA) is 43.4 Å². The molecule has 0 saturated carbocycles. The van der Waals surface area contributed by atoms with Crippen LogP contribution in [-0.2, 0) is 4.74 Å². The molecule has 124 valence electrons. The molecule has 1 atom stereocenters. The normalized spacial score (nSPS) is 11.6. The highest BCUT2D eigenvalue weighted by Crippen LogP contribution is 2.26. The molecule has 3 rings (SSSR count). The number of rotatable bonds is 5. The van der Waals surface area contributed by atoms with Gasteiger partial charge in [0.15, 0.2) is 6.10 Å². The van der Waals surface area contributed by atoms with Gasteiger partial charge in [-0.1, -0.05) is 72.8 Å². The van der Waals surface area contributed by atoms with Crippen LogP contribution in [0.3, 0.4) is 0 Å². The molecule has 0 saturated heterocycles. The van der Waals surface area contributed by atoms with E-state index in [4.69, 9.17) is 4.74 Å². The van der Waals surface area contributed by atoms with E-state index in [2.05, 4.69) is 15.9 Å². The fourth-order valence-electron chi connectivity index (χ4n) is 2.45. The first-order valence-corrected chi connectivity index (χ1v) is 8.56. The SMILES string of the molecule is O=C(O[C@H](C(=O)c1ccccc1)c1ccccc1)c1ccccc1Br. The van der Waals surface area contributed by atoms with Crippen LogP contribution in [0.5, 0.6) is 0 Å². The summed E-state index contributed by atoms with van der Waals surface area (Å²) in [7, 11) is 0. The van der Waals surface area contributed by atoms with Gasteiger partial charge in [-0.05, 0) is 28.1 Å². The maximum absolute atomic E-state index is 12.9. The van der Waals surface area contributed by atoms with Gasteiger partial charge in [0, 0.05) is 15.6 Å². The molecular weight excluding hydrogens is 380 g/mol. The van der Waals surface area contributed by atoms with Crippen LogP contribution < -0.4 is 0 Å². The number of ketones is 1. The van der Waals surface area contributed by atoms with Gasteiger partial charge in [-0.25, -0.2) is 4.79 Å². The van der Waals surface area contributed by atoms with Gasteiger partial charge in [0.25, 0.3) is 0 Å². The quantitative estimate of drug-likeness (QED) is 0.439. The van der Waals surface area contributed by atoms with Crippen LogP contribution in [0.15, 0.2) is 89.4 Å². The minimum atomic E-state index is -0.997. The van der Waals surface area contributed by atoms with Gasteiger partial charge in [0.1, 0.15) is 0 Å². The first-order valence-electron chi connectivity index (χ1n) is 7.76. The Balaban J connectivity index is 1.94. The van der Waals surface area contributed by atoms with E-state index < -0.39 is 12.1 Å². The van der Waals surface area contributed by atoms with Gasteiger partial charge in [-0.15, -0.1) is 0 Å². The van der Waals surface area contributed by atoms with Gasteiger partial charge in [0.2, 0.25) is 5.78 Å². The van der Waals surface area contributed by atoms with Crippen LogP contribution in [0.4, 0.5) is 0 Å². The predicted molar refractivity (Wildman–Crippen MR) is 99.5 cm³/mol. The summed E-state index contributed by atoms with van der Waals surface area (Å²) in [4.78, 5) is 25.5. The molecule has 0 unspecified atom stereocenters. The summed E-state index contributed by atoms with van der Waals surface area (Å²) < 4.78 is 6.23. The van der Waals surface area contributed by atoms with E-state index in [9.17, 15) is 9.59 Å². The minimum Gasteiger partial charge on any atom is -0.445 e. The number of ether oxygens (including phenoxy) is 1. The fourth-order valence-corrected chi connectivity index (χ4v) is 2.90. The van der Waals surface area contributed by atoms with E-state index in [1.807, 2.05) is 30.3 Å². The van der Waals surface area contributed by atoms with Crippen molar-refractivity contribution in [3.63, 3.8) is 0 Å². The first-order chi connectivity index (χ1) is 12.2. The Labute approximate surface area is 154 Å². The number of carbonyl (C=O) groups is 2. The third-order valence-electron chi connectivity index (χ3n) is 3.72. The molecule has 0 heterocycles. The summed E-state index contributed by atoms with van der Waals surface area (Å²) in [6.45, 7) is 0. The van der Waals surface area contributed by atoms with Gasteiger partial charge < -0.3 is 4.74 Å². The number of halogens is 1. The van der Waals surface area contributed by atoms with E-state index in [1.165, 1.54) is 0 Å². The average molecular weight is 395 g/mol. The molecule has 3 aromatic carbocycles.